The number of amides is 1. The highest BCUT2D eigenvalue weighted by Gasteiger charge is 2.20. The third kappa shape index (κ3) is 5.73. The maximum Gasteiger partial charge on any atom is 0.262 e. The van der Waals surface area contributed by atoms with Crippen LogP contribution in [0.4, 0.5) is 5.69 Å². The summed E-state index contributed by atoms with van der Waals surface area (Å²) in [4.78, 5) is 17.1. The van der Waals surface area contributed by atoms with Gasteiger partial charge in [0.1, 0.15) is 11.3 Å². The maximum atomic E-state index is 12.9. The largest absolute Gasteiger partial charge is 0.438 e. The zero-order chi connectivity index (χ0) is 24.1. The van der Waals surface area contributed by atoms with Crippen LogP contribution in [0.15, 0.2) is 65.7 Å². The molecule has 2 heterocycles. The summed E-state index contributed by atoms with van der Waals surface area (Å²) in [5.41, 5.74) is 2.25. The van der Waals surface area contributed by atoms with Crippen molar-refractivity contribution >= 4 is 21.6 Å². The standard InChI is InChI=1S/C25H27N3O5S/c1-17-10-11-23(18(2)14-17)34(30,31)28-19-6-3-7-20(15-19)33-25-22(9-4-12-26-25)24(29)27-16-21-8-5-13-32-21/h3-4,6-7,9-12,14-15,21,28H,5,8,13,16H2,1-2H3,(H,27,29)/t21-/m0/s1. The van der Waals surface area contributed by atoms with Crippen LogP contribution in [0.3, 0.4) is 0 Å². The van der Waals surface area contributed by atoms with Gasteiger partial charge in [-0.25, -0.2) is 13.4 Å². The number of ether oxygens (including phenoxy) is 2. The normalized spacial score (nSPS) is 15.6. The third-order valence-corrected chi connectivity index (χ3v) is 6.99. The highest BCUT2D eigenvalue weighted by Crippen LogP contribution is 2.27. The minimum atomic E-state index is -3.78. The van der Waals surface area contributed by atoms with Crippen LogP contribution in [0.25, 0.3) is 0 Å². The van der Waals surface area contributed by atoms with Gasteiger partial charge >= 0.3 is 0 Å². The summed E-state index contributed by atoms with van der Waals surface area (Å²) in [7, 11) is -3.78. The zero-order valence-electron chi connectivity index (χ0n) is 19.1. The molecule has 0 spiro atoms. The summed E-state index contributed by atoms with van der Waals surface area (Å²) in [6, 6.07) is 14.9. The lowest BCUT2D eigenvalue weighted by Crippen LogP contribution is -2.32. The van der Waals surface area contributed by atoms with E-state index < -0.39 is 10.0 Å². The van der Waals surface area contributed by atoms with E-state index in [1.807, 2.05) is 13.0 Å². The molecule has 8 nitrogen and oxygen atoms in total. The molecule has 178 valence electrons. The summed E-state index contributed by atoms with van der Waals surface area (Å²) in [6.45, 7) is 4.80. The smallest absolute Gasteiger partial charge is 0.262 e. The molecule has 1 aromatic heterocycles. The van der Waals surface area contributed by atoms with Crippen LogP contribution in [0.2, 0.25) is 0 Å². The van der Waals surface area contributed by atoms with Crippen LogP contribution in [0.1, 0.15) is 34.3 Å². The fraction of sp³-hybridized carbons (Fsp3) is 0.280. The van der Waals surface area contributed by atoms with Crippen molar-refractivity contribution in [3.63, 3.8) is 0 Å². The van der Waals surface area contributed by atoms with Crippen LogP contribution in [-0.2, 0) is 14.8 Å². The number of sulfonamides is 1. The highest BCUT2D eigenvalue weighted by atomic mass is 32.2. The van der Waals surface area contributed by atoms with E-state index in [1.165, 1.54) is 6.20 Å². The predicted octanol–water partition coefficient (Wildman–Crippen LogP) is 4.20. The lowest BCUT2D eigenvalue weighted by Gasteiger charge is -2.14. The lowest BCUT2D eigenvalue weighted by atomic mass is 10.2. The molecular weight excluding hydrogens is 454 g/mol. The number of hydrogen-bond acceptors (Lipinski definition) is 6. The summed E-state index contributed by atoms with van der Waals surface area (Å²) in [5.74, 6) is 0.153. The van der Waals surface area contributed by atoms with Crippen molar-refractivity contribution < 1.29 is 22.7 Å². The first-order valence-corrected chi connectivity index (χ1v) is 12.5. The molecule has 9 heteroatoms. The molecule has 1 aliphatic rings. The van der Waals surface area contributed by atoms with Gasteiger partial charge in [-0.05, 0) is 62.6 Å². The molecule has 1 aliphatic heterocycles. The highest BCUT2D eigenvalue weighted by molar-refractivity contribution is 7.92. The first-order chi connectivity index (χ1) is 16.3. The molecule has 4 rings (SSSR count). The second-order valence-corrected chi connectivity index (χ2v) is 9.86. The Balaban J connectivity index is 1.49. The van der Waals surface area contributed by atoms with Crippen molar-refractivity contribution in [1.82, 2.24) is 10.3 Å². The van der Waals surface area contributed by atoms with Crippen molar-refractivity contribution in [2.75, 3.05) is 17.9 Å². The van der Waals surface area contributed by atoms with Crippen LogP contribution < -0.4 is 14.8 Å². The summed E-state index contributed by atoms with van der Waals surface area (Å²) >= 11 is 0. The number of carbonyl (C=O) groups excluding carboxylic acids is 1. The van der Waals surface area contributed by atoms with Gasteiger partial charge in [0.25, 0.3) is 15.9 Å². The molecule has 0 aliphatic carbocycles. The molecule has 0 saturated carbocycles. The van der Waals surface area contributed by atoms with E-state index in [9.17, 15) is 13.2 Å². The maximum absolute atomic E-state index is 12.9. The molecule has 0 bridgehead atoms. The predicted molar refractivity (Wildman–Crippen MR) is 129 cm³/mol. The average Bonchev–Trinajstić information content (AvgIpc) is 3.31. The molecule has 34 heavy (non-hydrogen) atoms. The number of aromatic nitrogens is 1. The second-order valence-electron chi connectivity index (χ2n) is 8.21. The molecular formula is C25H27N3O5S. The first-order valence-electron chi connectivity index (χ1n) is 11.0. The summed E-state index contributed by atoms with van der Waals surface area (Å²) in [5, 5.41) is 2.86. The second kappa shape index (κ2) is 10.2. The Bertz CT molecular complexity index is 1290. The molecule has 2 aromatic carbocycles. The van der Waals surface area contributed by atoms with Gasteiger partial charge in [-0.3, -0.25) is 9.52 Å². The summed E-state index contributed by atoms with van der Waals surface area (Å²) in [6.07, 6.45) is 3.46. The Kier molecular flexibility index (Phi) is 7.14. The number of pyridine rings is 1. The molecule has 0 unspecified atom stereocenters. The Hall–Kier alpha value is -3.43. The quantitative estimate of drug-likeness (QED) is 0.499. The Morgan fingerprint density at radius 2 is 2.00 bits per heavy atom. The van der Waals surface area contributed by atoms with Gasteiger partial charge in [-0.15, -0.1) is 0 Å². The summed E-state index contributed by atoms with van der Waals surface area (Å²) < 4.78 is 39.8. The van der Waals surface area contributed by atoms with Crippen molar-refractivity contribution in [3.8, 4) is 11.6 Å². The number of rotatable bonds is 8. The van der Waals surface area contributed by atoms with Crippen LogP contribution in [-0.4, -0.2) is 38.6 Å². The Morgan fingerprint density at radius 1 is 1.15 bits per heavy atom. The van der Waals surface area contributed by atoms with E-state index in [1.54, 1.807) is 55.5 Å². The molecule has 2 N–H and O–H groups in total. The van der Waals surface area contributed by atoms with Crippen molar-refractivity contribution in [2.45, 2.75) is 37.7 Å². The van der Waals surface area contributed by atoms with Crippen LogP contribution in [0, 0.1) is 13.8 Å². The Morgan fingerprint density at radius 3 is 2.76 bits per heavy atom. The lowest BCUT2D eigenvalue weighted by molar-refractivity contribution is 0.0855. The number of aryl methyl sites for hydroxylation is 2. The number of carbonyl (C=O) groups is 1. The number of benzene rings is 2. The fourth-order valence-corrected chi connectivity index (χ4v) is 5.07. The molecule has 1 amide bonds. The van der Waals surface area contributed by atoms with Crippen LogP contribution >= 0.6 is 0 Å². The number of hydrogen-bond donors (Lipinski definition) is 2. The molecule has 1 saturated heterocycles. The number of nitrogens with zero attached hydrogens (tertiary/aromatic N) is 1. The number of nitrogens with one attached hydrogen (secondary N) is 2. The molecule has 1 fully saturated rings. The van der Waals surface area contributed by atoms with E-state index in [0.29, 0.717) is 30.2 Å². The van der Waals surface area contributed by atoms with Gasteiger partial charge in [0.15, 0.2) is 0 Å². The van der Waals surface area contributed by atoms with E-state index in [0.717, 1.165) is 18.4 Å². The van der Waals surface area contributed by atoms with Gasteiger partial charge in [0.2, 0.25) is 5.88 Å². The first kappa shape index (κ1) is 23.7. The van der Waals surface area contributed by atoms with E-state index in [-0.39, 0.29) is 28.4 Å². The minimum Gasteiger partial charge on any atom is -0.438 e. The number of anilines is 1. The topological polar surface area (TPSA) is 107 Å². The van der Waals surface area contributed by atoms with E-state index >= 15 is 0 Å². The fourth-order valence-electron chi connectivity index (χ4n) is 3.80. The Labute approximate surface area is 199 Å². The average molecular weight is 482 g/mol. The van der Waals surface area contributed by atoms with Crippen LogP contribution in [0.5, 0.6) is 11.6 Å². The molecule has 1 atom stereocenters. The van der Waals surface area contributed by atoms with Crippen molar-refractivity contribution in [2.24, 2.45) is 0 Å². The molecule has 0 radical (unpaired) electrons. The van der Waals surface area contributed by atoms with Gasteiger partial charge in [0, 0.05) is 25.4 Å². The minimum absolute atomic E-state index is 0.0202. The third-order valence-electron chi connectivity index (χ3n) is 5.45. The van der Waals surface area contributed by atoms with Crippen molar-refractivity contribution in [3.05, 3.63) is 77.5 Å². The SMILES string of the molecule is Cc1ccc(S(=O)(=O)Nc2cccc(Oc3ncccc3C(=O)NC[C@@H]3CCCO3)c2)c(C)c1. The monoisotopic (exact) mass is 481 g/mol. The van der Waals surface area contributed by atoms with Crippen molar-refractivity contribution in [1.29, 1.82) is 0 Å². The zero-order valence-corrected chi connectivity index (χ0v) is 19.9. The van der Waals surface area contributed by atoms with Gasteiger partial charge in [-0.1, -0.05) is 23.8 Å². The van der Waals surface area contributed by atoms with E-state index in [4.69, 9.17) is 9.47 Å². The van der Waals surface area contributed by atoms with Gasteiger partial charge < -0.3 is 14.8 Å². The van der Waals surface area contributed by atoms with Gasteiger partial charge in [-0.2, -0.15) is 0 Å². The molecule has 3 aromatic rings. The van der Waals surface area contributed by atoms with Gasteiger partial charge in [0.05, 0.1) is 16.7 Å². The van der Waals surface area contributed by atoms with E-state index in [2.05, 4.69) is 15.0 Å².